The summed E-state index contributed by atoms with van der Waals surface area (Å²) in [5.74, 6) is 0. The number of anilines is 1. The summed E-state index contributed by atoms with van der Waals surface area (Å²) in [5, 5.41) is 12.6. The first-order chi connectivity index (χ1) is 7.72. The molecule has 0 unspecified atom stereocenters. The van der Waals surface area contributed by atoms with Crippen LogP contribution in [-0.2, 0) is 4.74 Å². The van der Waals surface area contributed by atoms with Gasteiger partial charge in [0.05, 0.1) is 29.0 Å². The Balaban J connectivity index is 2.37. The fourth-order valence-corrected chi connectivity index (χ4v) is 2.25. The number of nitrogens with one attached hydrogen (secondary N) is 1. The molecule has 0 aliphatic heterocycles. The zero-order chi connectivity index (χ0) is 11.5. The van der Waals surface area contributed by atoms with Crippen LogP contribution in [0.3, 0.4) is 0 Å². The van der Waals surface area contributed by atoms with E-state index < -0.39 is 0 Å². The highest BCUT2D eigenvalue weighted by atomic mass is 32.1. The lowest BCUT2D eigenvalue weighted by Crippen LogP contribution is -2.09. The van der Waals surface area contributed by atoms with Crippen LogP contribution in [0, 0.1) is 11.3 Å². The second-order valence-electron chi connectivity index (χ2n) is 2.93. The molecule has 4 nitrogen and oxygen atoms in total. The molecule has 0 fully saturated rings. The number of fused-ring (bicyclic) bond motifs is 1. The summed E-state index contributed by atoms with van der Waals surface area (Å²) in [5.41, 5.74) is 1.46. The van der Waals surface area contributed by atoms with Crippen molar-refractivity contribution in [2.45, 2.75) is 0 Å². The van der Waals surface area contributed by atoms with Crippen LogP contribution in [0.1, 0.15) is 5.56 Å². The summed E-state index contributed by atoms with van der Waals surface area (Å²) in [6.45, 7) is 0. The molecule has 1 N–H and O–H groups in total. The van der Waals surface area contributed by atoms with Crippen molar-refractivity contribution >= 4 is 44.1 Å². The van der Waals surface area contributed by atoms with Gasteiger partial charge in [0.25, 0.3) is 5.17 Å². The van der Waals surface area contributed by atoms with Crippen LogP contribution in [0.15, 0.2) is 18.2 Å². The largest absolute Gasteiger partial charge is 0.474 e. The summed E-state index contributed by atoms with van der Waals surface area (Å²) in [6.07, 6.45) is 0. The van der Waals surface area contributed by atoms with Crippen molar-refractivity contribution in [1.29, 1.82) is 5.26 Å². The molecule has 0 atom stereocenters. The third-order valence-corrected chi connectivity index (χ3v) is 3.11. The molecule has 0 spiro atoms. The van der Waals surface area contributed by atoms with Crippen LogP contribution in [-0.4, -0.2) is 17.3 Å². The number of thiocarbonyl (C=S) groups is 1. The predicted octanol–water partition coefficient (Wildman–Crippen LogP) is 2.51. The van der Waals surface area contributed by atoms with Crippen LogP contribution >= 0.6 is 23.6 Å². The fraction of sp³-hybridized carbons (Fsp3) is 0.100. The van der Waals surface area contributed by atoms with Crippen molar-refractivity contribution in [3.63, 3.8) is 0 Å². The molecule has 0 bridgehead atoms. The number of nitriles is 1. The molecule has 0 aliphatic rings. The first-order valence-electron chi connectivity index (χ1n) is 4.38. The van der Waals surface area contributed by atoms with Crippen LogP contribution in [0.25, 0.3) is 10.2 Å². The summed E-state index contributed by atoms with van der Waals surface area (Å²) in [7, 11) is 1.50. The number of hydrogen-bond acceptors (Lipinski definition) is 5. The Morgan fingerprint density at radius 2 is 2.44 bits per heavy atom. The molecule has 0 saturated carbocycles. The van der Waals surface area contributed by atoms with Gasteiger partial charge >= 0.3 is 0 Å². The van der Waals surface area contributed by atoms with Gasteiger partial charge < -0.3 is 4.74 Å². The minimum absolute atomic E-state index is 0.277. The van der Waals surface area contributed by atoms with E-state index in [9.17, 15) is 0 Å². The van der Waals surface area contributed by atoms with Crippen molar-refractivity contribution in [2.75, 3.05) is 12.4 Å². The molecule has 6 heteroatoms. The highest BCUT2D eigenvalue weighted by molar-refractivity contribution is 7.80. The number of nitrogens with zero attached hydrogens (tertiary/aromatic N) is 2. The molecule has 1 aromatic carbocycles. The maximum absolute atomic E-state index is 8.77. The van der Waals surface area contributed by atoms with Gasteiger partial charge in [-0.15, -0.1) is 0 Å². The zero-order valence-electron chi connectivity index (χ0n) is 8.35. The molecule has 1 heterocycles. The van der Waals surface area contributed by atoms with Crippen LogP contribution in [0.5, 0.6) is 0 Å². The molecule has 0 radical (unpaired) electrons. The van der Waals surface area contributed by atoms with E-state index in [1.807, 2.05) is 6.07 Å². The highest BCUT2D eigenvalue weighted by Crippen LogP contribution is 2.26. The Morgan fingerprint density at radius 3 is 3.12 bits per heavy atom. The second kappa shape index (κ2) is 4.43. The van der Waals surface area contributed by atoms with E-state index in [-0.39, 0.29) is 5.17 Å². The quantitative estimate of drug-likeness (QED) is 0.787. The monoisotopic (exact) mass is 249 g/mol. The van der Waals surface area contributed by atoms with E-state index in [1.54, 1.807) is 12.1 Å². The normalized spacial score (nSPS) is 9.75. The summed E-state index contributed by atoms with van der Waals surface area (Å²) in [6, 6.07) is 7.44. The zero-order valence-corrected chi connectivity index (χ0v) is 9.98. The fourth-order valence-electron chi connectivity index (χ4n) is 1.19. The molecule has 0 amide bonds. The number of rotatable bonds is 1. The molecule has 0 saturated heterocycles. The molecule has 16 heavy (non-hydrogen) atoms. The second-order valence-corrected chi connectivity index (χ2v) is 4.33. The van der Waals surface area contributed by atoms with Gasteiger partial charge in [-0.1, -0.05) is 11.3 Å². The SMILES string of the molecule is COC(=S)Nc1nc2ccc(C#N)cc2s1. The van der Waals surface area contributed by atoms with Crippen molar-refractivity contribution in [3.05, 3.63) is 23.8 Å². The van der Waals surface area contributed by atoms with E-state index in [4.69, 9.17) is 22.2 Å². The average molecular weight is 249 g/mol. The van der Waals surface area contributed by atoms with Gasteiger partial charge in [0.1, 0.15) is 0 Å². The third-order valence-electron chi connectivity index (χ3n) is 1.91. The molecule has 1 aromatic heterocycles. The van der Waals surface area contributed by atoms with Crippen molar-refractivity contribution < 1.29 is 4.74 Å². The Morgan fingerprint density at radius 1 is 1.62 bits per heavy atom. The summed E-state index contributed by atoms with van der Waals surface area (Å²) < 4.78 is 5.77. The number of ether oxygens (including phenoxy) is 1. The number of benzene rings is 1. The first kappa shape index (κ1) is 10.8. The van der Waals surface area contributed by atoms with Crippen LogP contribution in [0.2, 0.25) is 0 Å². The number of thiazole rings is 1. The molecule has 2 aromatic rings. The van der Waals surface area contributed by atoms with Gasteiger partial charge in [-0.25, -0.2) is 4.98 Å². The standard InChI is InChI=1S/C10H7N3OS2/c1-14-10(15)13-9-12-7-3-2-6(5-11)4-8(7)16-9/h2-4H,1H3,(H,12,13,15). The van der Waals surface area contributed by atoms with Gasteiger partial charge in [-0.05, 0) is 30.4 Å². The van der Waals surface area contributed by atoms with Crippen LogP contribution < -0.4 is 5.32 Å². The van der Waals surface area contributed by atoms with Crippen molar-refractivity contribution in [3.8, 4) is 6.07 Å². The van der Waals surface area contributed by atoms with E-state index in [0.29, 0.717) is 10.7 Å². The van der Waals surface area contributed by atoms with Crippen LogP contribution in [0.4, 0.5) is 5.13 Å². The van der Waals surface area contributed by atoms with E-state index in [1.165, 1.54) is 18.4 Å². The van der Waals surface area contributed by atoms with Gasteiger partial charge in [-0.2, -0.15) is 5.26 Å². The Kier molecular flexibility index (Phi) is 2.99. The maximum Gasteiger partial charge on any atom is 0.262 e. The Bertz CT molecular complexity index is 585. The van der Waals surface area contributed by atoms with Gasteiger partial charge in [-0.3, -0.25) is 5.32 Å². The lowest BCUT2D eigenvalue weighted by atomic mass is 10.2. The van der Waals surface area contributed by atoms with Crippen molar-refractivity contribution in [2.24, 2.45) is 0 Å². The lowest BCUT2D eigenvalue weighted by molar-refractivity contribution is 0.413. The first-order valence-corrected chi connectivity index (χ1v) is 5.61. The third kappa shape index (κ3) is 2.10. The lowest BCUT2D eigenvalue weighted by Gasteiger charge is -2.00. The average Bonchev–Trinajstić information content (AvgIpc) is 2.69. The Labute approximate surface area is 101 Å². The summed E-state index contributed by atoms with van der Waals surface area (Å²) >= 11 is 6.30. The number of aromatic nitrogens is 1. The predicted molar refractivity (Wildman–Crippen MR) is 67.6 cm³/mol. The smallest absolute Gasteiger partial charge is 0.262 e. The van der Waals surface area contributed by atoms with Gasteiger partial charge in [0, 0.05) is 0 Å². The topological polar surface area (TPSA) is 57.9 Å². The highest BCUT2D eigenvalue weighted by Gasteiger charge is 2.05. The summed E-state index contributed by atoms with van der Waals surface area (Å²) in [4.78, 5) is 4.31. The molecule has 0 aliphatic carbocycles. The number of methoxy groups -OCH3 is 1. The molecular weight excluding hydrogens is 242 g/mol. The maximum atomic E-state index is 8.77. The Hall–Kier alpha value is -1.71. The molecule has 2 rings (SSSR count). The van der Waals surface area contributed by atoms with Gasteiger partial charge in [0.2, 0.25) is 0 Å². The van der Waals surface area contributed by atoms with Crippen molar-refractivity contribution in [1.82, 2.24) is 4.98 Å². The van der Waals surface area contributed by atoms with Gasteiger partial charge in [0.15, 0.2) is 5.13 Å². The van der Waals surface area contributed by atoms with E-state index in [0.717, 1.165) is 10.2 Å². The minimum atomic E-state index is 0.277. The minimum Gasteiger partial charge on any atom is -0.474 e. The molecular formula is C10H7N3OS2. The van der Waals surface area contributed by atoms with E-state index >= 15 is 0 Å². The molecule has 80 valence electrons. The van der Waals surface area contributed by atoms with E-state index in [2.05, 4.69) is 16.4 Å². The number of hydrogen-bond donors (Lipinski definition) is 1.